The van der Waals surface area contributed by atoms with Crippen molar-refractivity contribution < 1.29 is 0 Å². The SMILES string of the molecule is C=Nc1c(N2C=C(c3c4ccccc4c(-c4cccc5ccccc45)c4ccccc34)C=NC2)sc2c1CCC=C2. The fourth-order valence-corrected chi connectivity index (χ4v) is 7.71. The van der Waals surface area contributed by atoms with Crippen LogP contribution in [0.15, 0.2) is 113 Å². The van der Waals surface area contributed by atoms with E-state index in [-0.39, 0.29) is 0 Å². The zero-order valence-corrected chi connectivity index (χ0v) is 23.4. The van der Waals surface area contributed by atoms with Crippen molar-refractivity contribution in [2.75, 3.05) is 11.6 Å². The lowest BCUT2D eigenvalue weighted by molar-refractivity contribution is 0.973. The maximum absolute atomic E-state index is 4.87. The lowest BCUT2D eigenvalue weighted by Crippen LogP contribution is -2.19. The number of benzene rings is 5. The van der Waals surface area contributed by atoms with E-state index in [1.54, 1.807) is 11.3 Å². The Morgan fingerprint density at radius 3 is 2.15 bits per heavy atom. The Labute approximate surface area is 243 Å². The van der Waals surface area contributed by atoms with Gasteiger partial charge in [0.05, 0.1) is 0 Å². The highest BCUT2D eigenvalue weighted by Crippen LogP contribution is 2.47. The molecule has 1 aliphatic heterocycles. The molecule has 41 heavy (non-hydrogen) atoms. The average molecular weight is 546 g/mol. The van der Waals surface area contributed by atoms with E-state index in [2.05, 4.69) is 126 Å². The number of allylic oxidation sites excluding steroid dienone is 2. The first-order valence-corrected chi connectivity index (χ1v) is 14.8. The van der Waals surface area contributed by atoms with Crippen molar-refractivity contribution in [3.8, 4) is 11.1 Å². The zero-order chi connectivity index (χ0) is 27.3. The molecule has 0 saturated heterocycles. The Balaban J connectivity index is 1.39. The molecular formula is C37H27N3S. The summed E-state index contributed by atoms with van der Waals surface area (Å²) in [6.07, 6.45) is 10.8. The number of thiophene rings is 1. The molecule has 6 aromatic rings. The Bertz CT molecular complexity index is 2050. The molecule has 196 valence electrons. The summed E-state index contributed by atoms with van der Waals surface area (Å²) >= 11 is 1.79. The van der Waals surface area contributed by atoms with Gasteiger partial charge in [0.2, 0.25) is 0 Å². The summed E-state index contributed by atoms with van der Waals surface area (Å²) < 4.78 is 0. The van der Waals surface area contributed by atoms with Crippen LogP contribution in [0.2, 0.25) is 0 Å². The van der Waals surface area contributed by atoms with Crippen molar-refractivity contribution in [1.29, 1.82) is 0 Å². The number of aliphatic imine (C=N–C) groups is 2. The van der Waals surface area contributed by atoms with Gasteiger partial charge in [-0.15, -0.1) is 11.3 Å². The van der Waals surface area contributed by atoms with Crippen molar-refractivity contribution in [2.45, 2.75) is 12.8 Å². The predicted molar refractivity (Wildman–Crippen MR) is 179 cm³/mol. The number of hydrogen-bond acceptors (Lipinski definition) is 4. The third-order valence-corrected chi connectivity index (χ3v) is 9.50. The molecule has 0 fully saturated rings. The van der Waals surface area contributed by atoms with Gasteiger partial charge in [-0.3, -0.25) is 9.98 Å². The smallest absolute Gasteiger partial charge is 0.123 e. The summed E-state index contributed by atoms with van der Waals surface area (Å²) in [7, 11) is 0. The second kappa shape index (κ2) is 9.69. The van der Waals surface area contributed by atoms with Gasteiger partial charge >= 0.3 is 0 Å². The van der Waals surface area contributed by atoms with Gasteiger partial charge in [0, 0.05) is 28.4 Å². The van der Waals surface area contributed by atoms with E-state index >= 15 is 0 Å². The number of rotatable bonds is 4. The molecule has 0 spiro atoms. The summed E-state index contributed by atoms with van der Waals surface area (Å²) in [4.78, 5) is 12.9. The summed E-state index contributed by atoms with van der Waals surface area (Å²) in [5, 5.41) is 8.58. The second-order valence-electron chi connectivity index (χ2n) is 10.6. The normalized spacial score (nSPS) is 14.5. The van der Waals surface area contributed by atoms with Gasteiger partial charge in [-0.05, 0) is 74.6 Å². The summed E-state index contributed by atoms with van der Waals surface area (Å²) in [5.41, 5.74) is 7.16. The standard InChI is InChI=1S/C37H27N3S/c1-38-36-32-18-8-9-20-33(32)41-37(36)40-22-25(21-39-23-40)34-28-14-4-6-16-30(28)35(31-17-7-5-15-29(31)34)27-19-10-12-24-11-2-3-13-26(24)27/h2-7,9-17,19-22H,1,8,18,23H2. The number of nitrogens with zero attached hydrogens (tertiary/aromatic N) is 3. The van der Waals surface area contributed by atoms with Crippen molar-refractivity contribution in [3.63, 3.8) is 0 Å². The first kappa shape index (κ1) is 24.0. The van der Waals surface area contributed by atoms with Gasteiger partial charge in [-0.25, -0.2) is 0 Å². The summed E-state index contributed by atoms with van der Waals surface area (Å²) in [5.74, 6) is 0. The first-order chi connectivity index (χ1) is 20.3. The highest BCUT2D eigenvalue weighted by Gasteiger charge is 2.24. The molecule has 2 heterocycles. The summed E-state index contributed by atoms with van der Waals surface area (Å²) in [6.45, 7) is 4.50. The monoisotopic (exact) mass is 545 g/mol. The fourth-order valence-electron chi connectivity index (χ4n) is 6.51. The molecule has 5 aromatic carbocycles. The molecule has 0 N–H and O–H groups in total. The highest BCUT2D eigenvalue weighted by molar-refractivity contribution is 7.18. The molecule has 0 unspecified atom stereocenters. The van der Waals surface area contributed by atoms with Crippen LogP contribution in [0.4, 0.5) is 10.7 Å². The van der Waals surface area contributed by atoms with Crippen LogP contribution in [0.3, 0.4) is 0 Å². The number of hydrogen-bond donors (Lipinski definition) is 0. The van der Waals surface area contributed by atoms with Crippen LogP contribution in [0, 0.1) is 0 Å². The Hall–Kier alpha value is -4.80. The molecule has 4 heteroatoms. The first-order valence-electron chi connectivity index (χ1n) is 14.0. The highest BCUT2D eigenvalue weighted by atomic mass is 32.1. The van der Waals surface area contributed by atoms with Gasteiger partial charge < -0.3 is 4.90 Å². The quantitative estimate of drug-likeness (QED) is 0.160. The van der Waals surface area contributed by atoms with Crippen LogP contribution in [-0.4, -0.2) is 19.6 Å². The van der Waals surface area contributed by atoms with E-state index < -0.39 is 0 Å². The van der Waals surface area contributed by atoms with Gasteiger partial charge in [-0.1, -0.05) is 97.1 Å². The molecule has 1 aliphatic carbocycles. The average Bonchev–Trinajstić information content (AvgIpc) is 3.42. The third-order valence-electron chi connectivity index (χ3n) is 8.28. The fraction of sp³-hybridized carbons (Fsp3) is 0.0811. The van der Waals surface area contributed by atoms with Crippen molar-refractivity contribution in [1.82, 2.24) is 0 Å². The van der Waals surface area contributed by atoms with Crippen molar-refractivity contribution in [2.24, 2.45) is 9.98 Å². The minimum absolute atomic E-state index is 0.569. The van der Waals surface area contributed by atoms with Crippen LogP contribution in [0.5, 0.6) is 0 Å². The molecule has 1 aromatic heterocycles. The van der Waals surface area contributed by atoms with Gasteiger partial charge in [0.1, 0.15) is 17.4 Å². The van der Waals surface area contributed by atoms with Crippen LogP contribution in [0.25, 0.3) is 55.1 Å². The van der Waals surface area contributed by atoms with E-state index in [9.17, 15) is 0 Å². The van der Waals surface area contributed by atoms with Crippen LogP contribution >= 0.6 is 11.3 Å². The van der Waals surface area contributed by atoms with E-state index in [4.69, 9.17) is 4.99 Å². The Morgan fingerprint density at radius 2 is 1.41 bits per heavy atom. The molecule has 0 atom stereocenters. The van der Waals surface area contributed by atoms with Gasteiger partial charge in [-0.2, -0.15) is 0 Å². The topological polar surface area (TPSA) is 28.0 Å². The van der Waals surface area contributed by atoms with E-state index in [1.807, 2.05) is 6.21 Å². The molecule has 3 nitrogen and oxygen atoms in total. The van der Waals surface area contributed by atoms with Crippen molar-refractivity contribution >= 4 is 78.9 Å². The number of anilines is 1. The van der Waals surface area contributed by atoms with E-state index in [1.165, 1.54) is 59.4 Å². The minimum Gasteiger partial charge on any atom is -0.317 e. The Kier molecular flexibility index (Phi) is 5.68. The molecule has 2 aliphatic rings. The van der Waals surface area contributed by atoms with E-state index in [0.29, 0.717) is 6.67 Å². The van der Waals surface area contributed by atoms with Gasteiger partial charge in [0.15, 0.2) is 0 Å². The molecule has 0 bridgehead atoms. The van der Waals surface area contributed by atoms with Crippen molar-refractivity contribution in [3.05, 3.63) is 119 Å². The molecular weight excluding hydrogens is 518 g/mol. The zero-order valence-electron chi connectivity index (χ0n) is 22.5. The minimum atomic E-state index is 0.569. The largest absolute Gasteiger partial charge is 0.317 e. The third kappa shape index (κ3) is 3.79. The summed E-state index contributed by atoms with van der Waals surface area (Å²) in [6, 6.07) is 32.9. The van der Waals surface area contributed by atoms with Gasteiger partial charge in [0.25, 0.3) is 0 Å². The maximum atomic E-state index is 4.87. The Morgan fingerprint density at radius 1 is 0.756 bits per heavy atom. The lowest BCUT2D eigenvalue weighted by Gasteiger charge is -2.24. The number of fused-ring (bicyclic) bond motifs is 4. The molecule has 0 saturated carbocycles. The molecule has 0 amide bonds. The van der Waals surface area contributed by atoms with Crippen LogP contribution in [0.1, 0.15) is 22.4 Å². The van der Waals surface area contributed by atoms with E-state index in [0.717, 1.165) is 29.1 Å². The molecule has 0 radical (unpaired) electrons. The van der Waals surface area contributed by atoms with Crippen LogP contribution < -0.4 is 4.90 Å². The maximum Gasteiger partial charge on any atom is 0.123 e. The predicted octanol–water partition coefficient (Wildman–Crippen LogP) is 10.1. The lowest BCUT2D eigenvalue weighted by atomic mass is 9.85. The molecule has 8 rings (SSSR count). The van der Waals surface area contributed by atoms with Crippen LogP contribution in [-0.2, 0) is 6.42 Å². The second-order valence-corrected chi connectivity index (χ2v) is 11.6.